The van der Waals surface area contributed by atoms with Crippen LogP contribution >= 0.6 is 15.9 Å². The molecule has 3 aromatic rings. The lowest BCUT2D eigenvalue weighted by molar-refractivity contribution is -0.128. The Morgan fingerprint density at radius 3 is 2.00 bits per heavy atom. The van der Waals surface area contributed by atoms with Crippen LogP contribution in [-0.2, 0) is 4.79 Å². The second-order valence-electron chi connectivity index (χ2n) is 5.94. The normalized spacial score (nSPS) is 11.0. The molecule has 28 heavy (non-hydrogen) atoms. The van der Waals surface area contributed by atoms with Crippen molar-refractivity contribution in [2.45, 2.75) is 0 Å². The quantitative estimate of drug-likeness (QED) is 0.208. The Morgan fingerprint density at radius 2 is 1.32 bits per heavy atom. The molecule has 0 atom stereocenters. The van der Waals surface area contributed by atoms with Crippen LogP contribution in [0.2, 0.25) is 0 Å². The molecule has 0 unspecified atom stereocenters. The third kappa shape index (κ3) is 5.89. The molecule has 0 aromatic heterocycles. The highest BCUT2D eigenvalue weighted by atomic mass is 79.9. The molecule has 0 radical (unpaired) electrons. The summed E-state index contributed by atoms with van der Waals surface area (Å²) in [5.41, 5.74) is 2.38. The lowest BCUT2D eigenvalue weighted by Crippen LogP contribution is -2.03. The van der Waals surface area contributed by atoms with Gasteiger partial charge in [-0.2, -0.15) is 0 Å². The Bertz CT molecular complexity index is 1000. The van der Waals surface area contributed by atoms with Gasteiger partial charge in [-0.15, -0.1) is 0 Å². The molecular formula is C24H17BrO3. The van der Waals surface area contributed by atoms with Crippen LogP contribution in [0.25, 0.3) is 12.2 Å². The third-order valence-electron chi connectivity index (χ3n) is 3.87. The first-order valence-electron chi connectivity index (χ1n) is 8.63. The lowest BCUT2D eigenvalue weighted by Gasteiger charge is -2.02. The van der Waals surface area contributed by atoms with E-state index in [2.05, 4.69) is 15.9 Å². The summed E-state index contributed by atoms with van der Waals surface area (Å²) in [7, 11) is 0. The molecule has 0 amide bonds. The molecule has 0 aliphatic carbocycles. The molecule has 4 heteroatoms. The van der Waals surface area contributed by atoms with Gasteiger partial charge in [0.1, 0.15) is 5.75 Å². The van der Waals surface area contributed by atoms with Gasteiger partial charge in [-0.1, -0.05) is 64.5 Å². The van der Waals surface area contributed by atoms with Crippen molar-refractivity contribution in [2.24, 2.45) is 0 Å². The number of ether oxygens (including phenoxy) is 1. The topological polar surface area (TPSA) is 43.4 Å². The molecule has 0 aliphatic heterocycles. The molecule has 0 heterocycles. The standard InChI is InChI=1S/C24H17BrO3/c25-21-12-10-20(11-13-21)23(26)16-8-19-6-14-22(15-7-19)28-24(27)17-9-18-4-2-1-3-5-18/h1-17H. The Hall–Kier alpha value is -3.24. The summed E-state index contributed by atoms with van der Waals surface area (Å²) < 4.78 is 6.20. The minimum Gasteiger partial charge on any atom is -0.423 e. The summed E-state index contributed by atoms with van der Waals surface area (Å²) in [4.78, 5) is 24.0. The minimum atomic E-state index is -0.447. The summed E-state index contributed by atoms with van der Waals surface area (Å²) >= 11 is 3.35. The highest BCUT2D eigenvalue weighted by Gasteiger charge is 2.02. The van der Waals surface area contributed by atoms with Gasteiger partial charge in [-0.25, -0.2) is 4.79 Å². The monoisotopic (exact) mass is 432 g/mol. The number of carbonyl (C=O) groups is 2. The predicted octanol–water partition coefficient (Wildman–Crippen LogP) is 5.96. The van der Waals surface area contributed by atoms with E-state index in [1.54, 1.807) is 48.6 Å². The summed E-state index contributed by atoms with van der Waals surface area (Å²) in [6.07, 6.45) is 6.34. The molecule has 0 N–H and O–H groups in total. The number of hydrogen-bond donors (Lipinski definition) is 0. The highest BCUT2D eigenvalue weighted by molar-refractivity contribution is 9.10. The molecule has 3 rings (SSSR count). The second kappa shape index (κ2) is 9.62. The zero-order chi connectivity index (χ0) is 19.8. The lowest BCUT2D eigenvalue weighted by atomic mass is 10.1. The van der Waals surface area contributed by atoms with E-state index in [1.165, 1.54) is 12.2 Å². The number of ketones is 1. The first-order valence-corrected chi connectivity index (χ1v) is 9.42. The van der Waals surface area contributed by atoms with E-state index in [9.17, 15) is 9.59 Å². The van der Waals surface area contributed by atoms with Crippen molar-refractivity contribution < 1.29 is 14.3 Å². The maximum absolute atomic E-state index is 12.2. The van der Waals surface area contributed by atoms with E-state index < -0.39 is 5.97 Å². The van der Waals surface area contributed by atoms with Crippen LogP contribution in [-0.4, -0.2) is 11.8 Å². The summed E-state index contributed by atoms with van der Waals surface area (Å²) in [6, 6.07) is 23.7. The van der Waals surface area contributed by atoms with Crippen molar-refractivity contribution in [3.63, 3.8) is 0 Å². The minimum absolute atomic E-state index is 0.0750. The molecule has 3 aromatic carbocycles. The summed E-state index contributed by atoms with van der Waals surface area (Å²) in [5.74, 6) is -0.0780. The number of esters is 1. The largest absolute Gasteiger partial charge is 0.423 e. The Kier molecular flexibility index (Phi) is 6.71. The molecule has 0 bridgehead atoms. The van der Waals surface area contributed by atoms with Gasteiger partial charge in [0.25, 0.3) is 0 Å². The van der Waals surface area contributed by atoms with Crippen LogP contribution in [0.3, 0.4) is 0 Å². The van der Waals surface area contributed by atoms with E-state index in [4.69, 9.17) is 4.74 Å². The van der Waals surface area contributed by atoms with Crippen LogP contribution in [0.15, 0.2) is 95.5 Å². The number of halogens is 1. The van der Waals surface area contributed by atoms with E-state index in [0.717, 1.165) is 15.6 Å². The van der Waals surface area contributed by atoms with E-state index in [0.29, 0.717) is 11.3 Å². The Balaban J connectivity index is 1.57. The average molecular weight is 433 g/mol. The maximum Gasteiger partial charge on any atom is 0.336 e. The summed E-state index contributed by atoms with van der Waals surface area (Å²) in [6.45, 7) is 0. The number of carbonyl (C=O) groups excluding carboxylic acids is 2. The van der Waals surface area contributed by atoms with E-state index in [-0.39, 0.29) is 5.78 Å². The molecule has 0 saturated carbocycles. The van der Waals surface area contributed by atoms with Crippen molar-refractivity contribution in [3.8, 4) is 5.75 Å². The van der Waals surface area contributed by atoms with Crippen molar-refractivity contribution in [3.05, 3.63) is 112 Å². The Labute approximate surface area is 172 Å². The van der Waals surface area contributed by atoms with Crippen molar-refractivity contribution in [1.82, 2.24) is 0 Å². The average Bonchev–Trinajstić information content (AvgIpc) is 2.73. The fourth-order valence-electron chi connectivity index (χ4n) is 2.41. The smallest absolute Gasteiger partial charge is 0.336 e. The second-order valence-corrected chi connectivity index (χ2v) is 6.85. The van der Waals surface area contributed by atoms with Crippen LogP contribution in [0.5, 0.6) is 5.75 Å². The fourth-order valence-corrected chi connectivity index (χ4v) is 2.67. The molecule has 3 nitrogen and oxygen atoms in total. The van der Waals surface area contributed by atoms with Crippen LogP contribution in [0, 0.1) is 0 Å². The number of hydrogen-bond acceptors (Lipinski definition) is 3. The van der Waals surface area contributed by atoms with Gasteiger partial charge in [-0.3, -0.25) is 4.79 Å². The fraction of sp³-hybridized carbons (Fsp3) is 0. The van der Waals surface area contributed by atoms with Gasteiger partial charge in [0.15, 0.2) is 5.78 Å². The highest BCUT2D eigenvalue weighted by Crippen LogP contribution is 2.15. The van der Waals surface area contributed by atoms with E-state index >= 15 is 0 Å². The summed E-state index contributed by atoms with van der Waals surface area (Å²) in [5, 5.41) is 0. The van der Waals surface area contributed by atoms with Gasteiger partial charge < -0.3 is 4.74 Å². The molecule has 0 spiro atoms. The first kappa shape index (κ1) is 19.5. The van der Waals surface area contributed by atoms with Gasteiger partial charge in [0.2, 0.25) is 0 Å². The van der Waals surface area contributed by atoms with E-state index in [1.807, 2.05) is 42.5 Å². The van der Waals surface area contributed by atoms with Gasteiger partial charge in [0.05, 0.1) is 0 Å². The zero-order valence-electron chi connectivity index (χ0n) is 14.9. The predicted molar refractivity (Wildman–Crippen MR) is 115 cm³/mol. The number of rotatable bonds is 6. The van der Waals surface area contributed by atoms with Crippen LogP contribution < -0.4 is 4.74 Å². The molecule has 0 saturated heterocycles. The van der Waals surface area contributed by atoms with Crippen LogP contribution in [0.1, 0.15) is 21.5 Å². The van der Waals surface area contributed by atoms with Gasteiger partial charge in [-0.05, 0) is 59.7 Å². The molecule has 0 fully saturated rings. The first-order chi connectivity index (χ1) is 13.6. The molecular weight excluding hydrogens is 416 g/mol. The third-order valence-corrected chi connectivity index (χ3v) is 4.39. The SMILES string of the molecule is O=C(C=Cc1ccccc1)Oc1ccc(C=CC(=O)c2ccc(Br)cc2)cc1. The molecule has 138 valence electrons. The maximum atomic E-state index is 12.2. The molecule has 0 aliphatic rings. The van der Waals surface area contributed by atoms with Gasteiger partial charge >= 0.3 is 5.97 Å². The van der Waals surface area contributed by atoms with Crippen molar-refractivity contribution in [2.75, 3.05) is 0 Å². The van der Waals surface area contributed by atoms with Crippen LogP contribution in [0.4, 0.5) is 0 Å². The van der Waals surface area contributed by atoms with Gasteiger partial charge in [0, 0.05) is 16.1 Å². The Morgan fingerprint density at radius 1 is 0.714 bits per heavy atom. The van der Waals surface area contributed by atoms with Crippen molar-refractivity contribution in [1.29, 1.82) is 0 Å². The van der Waals surface area contributed by atoms with Crippen molar-refractivity contribution >= 4 is 39.8 Å². The zero-order valence-corrected chi connectivity index (χ0v) is 16.5. The number of benzene rings is 3. The number of allylic oxidation sites excluding steroid dienone is 1.